The Morgan fingerprint density at radius 1 is 1.14 bits per heavy atom. The molecule has 1 heterocycles. The molecule has 0 bridgehead atoms. The molecule has 0 aliphatic heterocycles. The number of halogens is 2. The van der Waals surface area contributed by atoms with Gasteiger partial charge in [-0.05, 0) is 40.8 Å². The van der Waals surface area contributed by atoms with Crippen LogP contribution in [-0.2, 0) is 22.0 Å². The number of nitrogens with one attached hydrogen (secondary N) is 1. The Morgan fingerprint density at radius 2 is 1.82 bits per heavy atom. The van der Waals surface area contributed by atoms with Crippen LogP contribution in [0.15, 0.2) is 53.7 Å². The van der Waals surface area contributed by atoms with Crippen molar-refractivity contribution in [2.45, 2.75) is 37.6 Å². The molecular weight excluding hydrogens is 403 g/mol. The molecule has 1 N–H and O–H groups in total. The molecule has 0 saturated heterocycles. The second kappa shape index (κ2) is 7.52. The number of sulfonamides is 1. The molecule has 148 valence electrons. The maximum atomic E-state index is 13.1. The maximum absolute atomic E-state index is 13.1. The van der Waals surface area contributed by atoms with E-state index in [1.807, 2.05) is 0 Å². The molecule has 0 atom stereocenters. The standard InChI is InChI=1S/C19H20ClFN4O2S/c1-19(2,3)14-5-8-16(9-6-14)28(26,27)24-18-22-12-25(23-18)11-13-4-7-15(21)10-17(13)20/h4-10,12H,11H2,1-3H3,(H,23,24). The molecule has 0 aliphatic rings. The molecule has 0 unspecified atom stereocenters. The Bertz CT molecular complexity index is 1090. The number of benzene rings is 2. The summed E-state index contributed by atoms with van der Waals surface area (Å²) in [7, 11) is -3.81. The van der Waals surface area contributed by atoms with Gasteiger partial charge in [0.25, 0.3) is 16.0 Å². The SMILES string of the molecule is CC(C)(C)c1ccc(S(=O)(=O)Nc2ncn(Cc3ccc(F)cc3Cl)n2)cc1. The highest BCUT2D eigenvalue weighted by Gasteiger charge is 2.19. The number of aromatic nitrogens is 3. The van der Waals surface area contributed by atoms with Crippen LogP contribution in [0.2, 0.25) is 5.02 Å². The van der Waals surface area contributed by atoms with Gasteiger partial charge in [-0.15, -0.1) is 5.10 Å². The van der Waals surface area contributed by atoms with Gasteiger partial charge in [-0.25, -0.2) is 22.2 Å². The Hall–Kier alpha value is -2.45. The van der Waals surface area contributed by atoms with Crippen LogP contribution in [-0.4, -0.2) is 23.2 Å². The molecule has 3 aromatic rings. The average Bonchev–Trinajstić information content (AvgIpc) is 3.03. The van der Waals surface area contributed by atoms with E-state index in [1.54, 1.807) is 30.3 Å². The highest BCUT2D eigenvalue weighted by Crippen LogP contribution is 2.24. The van der Waals surface area contributed by atoms with Crippen molar-refractivity contribution in [3.05, 3.63) is 70.8 Å². The van der Waals surface area contributed by atoms with Gasteiger partial charge >= 0.3 is 0 Å². The van der Waals surface area contributed by atoms with Crippen molar-refractivity contribution in [1.29, 1.82) is 0 Å². The molecule has 6 nitrogen and oxygen atoms in total. The molecule has 9 heteroatoms. The van der Waals surface area contributed by atoms with Crippen molar-refractivity contribution in [1.82, 2.24) is 14.8 Å². The summed E-state index contributed by atoms with van der Waals surface area (Å²) in [6.07, 6.45) is 1.38. The Kier molecular flexibility index (Phi) is 5.45. The van der Waals surface area contributed by atoms with E-state index in [9.17, 15) is 12.8 Å². The molecule has 0 fully saturated rings. The van der Waals surface area contributed by atoms with Crippen LogP contribution in [0.4, 0.5) is 10.3 Å². The zero-order valence-electron chi connectivity index (χ0n) is 15.6. The number of rotatable bonds is 5. The Balaban J connectivity index is 1.75. The minimum Gasteiger partial charge on any atom is -0.246 e. The van der Waals surface area contributed by atoms with E-state index in [1.165, 1.54) is 23.1 Å². The number of anilines is 1. The fourth-order valence-electron chi connectivity index (χ4n) is 2.56. The van der Waals surface area contributed by atoms with Crippen LogP contribution >= 0.6 is 11.6 Å². The van der Waals surface area contributed by atoms with E-state index in [-0.39, 0.29) is 27.8 Å². The maximum Gasteiger partial charge on any atom is 0.264 e. The summed E-state index contributed by atoms with van der Waals surface area (Å²) in [5.74, 6) is -0.489. The molecule has 0 amide bonds. The molecule has 0 saturated carbocycles. The van der Waals surface area contributed by atoms with Gasteiger partial charge in [0.15, 0.2) is 0 Å². The lowest BCUT2D eigenvalue weighted by atomic mass is 9.87. The zero-order chi connectivity index (χ0) is 20.5. The lowest BCUT2D eigenvalue weighted by Gasteiger charge is -2.19. The summed E-state index contributed by atoms with van der Waals surface area (Å²) in [4.78, 5) is 4.10. The highest BCUT2D eigenvalue weighted by molar-refractivity contribution is 7.92. The number of nitrogens with zero attached hydrogens (tertiary/aromatic N) is 3. The summed E-state index contributed by atoms with van der Waals surface area (Å²) in [5, 5.41) is 4.36. The summed E-state index contributed by atoms with van der Waals surface area (Å²) in [5.41, 5.74) is 1.60. The van der Waals surface area contributed by atoms with E-state index in [2.05, 4.69) is 35.6 Å². The van der Waals surface area contributed by atoms with Gasteiger partial charge in [0.1, 0.15) is 12.1 Å². The first-order valence-corrected chi connectivity index (χ1v) is 10.4. The number of hydrogen-bond donors (Lipinski definition) is 1. The van der Waals surface area contributed by atoms with Crippen LogP contribution < -0.4 is 4.72 Å². The summed E-state index contributed by atoms with van der Waals surface area (Å²) in [6, 6.07) is 10.7. The smallest absolute Gasteiger partial charge is 0.246 e. The average molecular weight is 423 g/mol. The van der Waals surface area contributed by atoms with Crippen LogP contribution in [0.1, 0.15) is 31.9 Å². The fourth-order valence-corrected chi connectivity index (χ4v) is 3.73. The molecule has 2 aromatic carbocycles. The van der Waals surface area contributed by atoms with Gasteiger partial charge in [0.05, 0.1) is 11.4 Å². The van der Waals surface area contributed by atoms with Gasteiger partial charge in [0, 0.05) is 5.02 Å². The second-order valence-electron chi connectivity index (χ2n) is 7.38. The van der Waals surface area contributed by atoms with E-state index < -0.39 is 15.8 Å². The molecular formula is C19H20ClFN4O2S. The van der Waals surface area contributed by atoms with E-state index >= 15 is 0 Å². The van der Waals surface area contributed by atoms with E-state index in [0.29, 0.717) is 5.56 Å². The number of hydrogen-bond acceptors (Lipinski definition) is 4. The van der Waals surface area contributed by atoms with Crippen LogP contribution in [0.5, 0.6) is 0 Å². The third-order valence-corrected chi connectivity index (χ3v) is 5.84. The van der Waals surface area contributed by atoms with Crippen LogP contribution in [0.3, 0.4) is 0 Å². The predicted molar refractivity (Wildman–Crippen MR) is 106 cm³/mol. The fraction of sp³-hybridized carbons (Fsp3) is 0.263. The lowest BCUT2D eigenvalue weighted by Crippen LogP contribution is -2.16. The minimum atomic E-state index is -3.81. The van der Waals surface area contributed by atoms with Crippen LogP contribution in [0, 0.1) is 5.82 Å². The molecule has 0 aliphatic carbocycles. The molecule has 0 spiro atoms. The Morgan fingerprint density at radius 3 is 2.43 bits per heavy atom. The second-order valence-corrected chi connectivity index (χ2v) is 9.47. The summed E-state index contributed by atoms with van der Waals surface area (Å²) < 4.78 is 42.0. The van der Waals surface area contributed by atoms with Gasteiger partial charge in [-0.3, -0.25) is 0 Å². The third-order valence-electron chi connectivity index (χ3n) is 4.14. The monoisotopic (exact) mass is 422 g/mol. The quantitative estimate of drug-likeness (QED) is 0.667. The van der Waals surface area contributed by atoms with Crippen molar-refractivity contribution < 1.29 is 12.8 Å². The Labute approximate surface area is 168 Å². The predicted octanol–water partition coefficient (Wildman–Crippen LogP) is 4.22. The van der Waals surface area contributed by atoms with Crippen molar-refractivity contribution in [2.24, 2.45) is 0 Å². The van der Waals surface area contributed by atoms with E-state index in [4.69, 9.17) is 11.6 Å². The van der Waals surface area contributed by atoms with Crippen molar-refractivity contribution in [3.8, 4) is 0 Å². The molecule has 0 radical (unpaired) electrons. The normalized spacial score (nSPS) is 12.2. The molecule has 28 heavy (non-hydrogen) atoms. The summed E-state index contributed by atoms with van der Waals surface area (Å²) in [6.45, 7) is 6.39. The van der Waals surface area contributed by atoms with Gasteiger partial charge in [0.2, 0.25) is 0 Å². The third kappa shape index (κ3) is 4.69. The van der Waals surface area contributed by atoms with Crippen LogP contribution in [0.25, 0.3) is 0 Å². The van der Waals surface area contributed by atoms with Crippen molar-refractivity contribution >= 4 is 27.6 Å². The van der Waals surface area contributed by atoms with E-state index in [0.717, 1.165) is 5.56 Å². The minimum absolute atomic E-state index is 0.0573. The first-order valence-electron chi connectivity index (χ1n) is 8.51. The lowest BCUT2D eigenvalue weighted by molar-refractivity contribution is 0.587. The zero-order valence-corrected chi connectivity index (χ0v) is 17.2. The topological polar surface area (TPSA) is 76.9 Å². The molecule has 1 aromatic heterocycles. The largest absolute Gasteiger partial charge is 0.264 e. The first-order chi connectivity index (χ1) is 13.0. The van der Waals surface area contributed by atoms with Gasteiger partial charge < -0.3 is 0 Å². The van der Waals surface area contributed by atoms with Crippen molar-refractivity contribution in [3.63, 3.8) is 0 Å². The van der Waals surface area contributed by atoms with Crippen molar-refractivity contribution in [2.75, 3.05) is 4.72 Å². The molecule has 3 rings (SSSR count). The van der Waals surface area contributed by atoms with Gasteiger partial charge in [-0.2, -0.15) is 4.98 Å². The summed E-state index contributed by atoms with van der Waals surface area (Å²) >= 11 is 6.00. The first kappa shape index (κ1) is 20.3. The highest BCUT2D eigenvalue weighted by atomic mass is 35.5. The van der Waals surface area contributed by atoms with Gasteiger partial charge in [-0.1, -0.05) is 50.6 Å².